The molecule has 0 radical (unpaired) electrons. The molecular formula is C10H16BrN3OS. The number of nitrogens with two attached hydrogens (primary N) is 1. The van der Waals surface area contributed by atoms with E-state index < -0.39 is 0 Å². The van der Waals surface area contributed by atoms with E-state index in [-0.39, 0.29) is 6.61 Å². The summed E-state index contributed by atoms with van der Waals surface area (Å²) in [7, 11) is 0. The van der Waals surface area contributed by atoms with Crippen molar-refractivity contribution in [3.8, 4) is 0 Å². The van der Waals surface area contributed by atoms with Crippen LogP contribution in [0.4, 0.5) is 11.5 Å². The molecule has 0 saturated heterocycles. The van der Waals surface area contributed by atoms with Crippen molar-refractivity contribution in [3.63, 3.8) is 0 Å². The molecule has 0 aromatic carbocycles. The molecule has 0 spiro atoms. The van der Waals surface area contributed by atoms with Crippen LogP contribution in [0.1, 0.15) is 6.42 Å². The number of aliphatic hydroxyl groups is 1. The van der Waals surface area contributed by atoms with E-state index in [1.54, 1.807) is 6.20 Å². The Balaban J connectivity index is 2.21. The summed E-state index contributed by atoms with van der Waals surface area (Å²) in [6.07, 6.45) is 2.49. The number of halogens is 1. The number of aromatic nitrogens is 1. The van der Waals surface area contributed by atoms with E-state index in [0.29, 0.717) is 5.69 Å². The molecule has 0 atom stereocenters. The van der Waals surface area contributed by atoms with Gasteiger partial charge in [0.2, 0.25) is 0 Å². The Hall–Kier alpha value is -0.460. The van der Waals surface area contributed by atoms with Gasteiger partial charge in [0, 0.05) is 18.9 Å². The minimum absolute atomic E-state index is 0.269. The first-order valence-corrected chi connectivity index (χ1v) is 7.02. The van der Waals surface area contributed by atoms with Gasteiger partial charge in [-0.3, -0.25) is 0 Å². The van der Waals surface area contributed by atoms with E-state index >= 15 is 0 Å². The number of nitrogens with zero attached hydrogens (tertiary/aromatic N) is 1. The molecule has 0 aliphatic carbocycles. The highest BCUT2D eigenvalue weighted by atomic mass is 79.9. The van der Waals surface area contributed by atoms with Crippen molar-refractivity contribution < 1.29 is 5.11 Å². The summed E-state index contributed by atoms with van der Waals surface area (Å²) < 4.78 is 0.882. The molecule has 1 heterocycles. The molecule has 4 nitrogen and oxygen atoms in total. The summed E-state index contributed by atoms with van der Waals surface area (Å²) in [6, 6.07) is 1.83. The van der Waals surface area contributed by atoms with Crippen LogP contribution in [0.3, 0.4) is 0 Å². The summed E-state index contributed by atoms with van der Waals surface area (Å²) in [4.78, 5) is 4.18. The van der Waals surface area contributed by atoms with Gasteiger partial charge in [-0.15, -0.1) is 0 Å². The number of thioether (sulfide) groups is 1. The maximum atomic E-state index is 8.61. The molecule has 0 aliphatic rings. The van der Waals surface area contributed by atoms with Crippen molar-refractivity contribution in [2.45, 2.75) is 6.42 Å². The predicted octanol–water partition coefficient (Wildman–Crippen LogP) is 1.95. The third-order valence-electron chi connectivity index (χ3n) is 1.85. The lowest BCUT2D eigenvalue weighted by Gasteiger charge is -2.07. The van der Waals surface area contributed by atoms with Crippen LogP contribution in [0, 0.1) is 0 Å². The number of nitrogen functional groups attached to an aromatic ring is 1. The first-order chi connectivity index (χ1) is 7.74. The van der Waals surface area contributed by atoms with E-state index in [2.05, 4.69) is 26.2 Å². The molecule has 1 aromatic heterocycles. The minimum atomic E-state index is 0.269. The molecule has 1 aromatic rings. The molecule has 6 heteroatoms. The van der Waals surface area contributed by atoms with E-state index in [1.807, 2.05) is 17.8 Å². The summed E-state index contributed by atoms with van der Waals surface area (Å²) in [5.74, 6) is 2.81. The number of hydrogen-bond acceptors (Lipinski definition) is 5. The second kappa shape index (κ2) is 7.76. The van der Waals surface area contributed by atoms with E-state index in [0.717, 1.165) is 34.8 Å². The van der Waals surface area contributed by atoms with Crippen LogP contribution in [0.25, 0.3) is 0 Å². The highest BCUT2D eigenvalue weighted by Gasteiger charge is 2.00. The lowest BCUT2D eigenvalue weighted by molar-refractivity contribution is 0.296. The van der Waals surface area contributed by atoms with Crippen molar-refractivity contribution in [1.29, 1.82) is 0 Å². The Labute approximate surface area is 108 Å². The zero-order chi connectivity index (χ0) is 11.8. The fourth-order valence-corrected chi connectivity index (χ4v) is 2.38. The van der Waals surface area contributed by atoms with Crippen molar-refractivity contribution in [2.75, 3.05) is 35.7 Å². The summed E-state index contributed by atoms with van der Waals surface area (Å²) in [5.41, 5.74) is 6.24. The second-order valence-electron chi connectivity index (χ2n) is 3.22. The number of nitrogens with one attached hydrogen (secondary N) is 1. The van der Waals surface area contributed by atoms with E-state index in [9.17, 15) is 0 Å². The van der Waals surface area contributed by atoms with Crippen LogP contribution < -0.4 is 11.1 Å². The van der Waals surface area contributed by atoms with Gasteiger partial charge in [0.1, 0.15) is 5.82 Å². The number of aliphatic hydroxyl groups excluding tert-OH is 1. The van der Waals surface area contributed by atoms with Crippen LogP contribution in [0.2, 0.25) is 0 Å². The fraction of sp³-hybridized carbons (Fsp3) is 0.500. The Morgan fingerprint density at radius 1 is 1.50 bits per heavy atom. The zero-order valence-electron chi connectivity index (χ0n) is 8.95. The van der Waals surface area contributed by atoms with Gasteiger partial charge < -0.3 is 16.2 Å². The summed E-state index contributed by atoms with van der Waals surface area (Å²) >= 11 is 5.21. The lowest BCUT2D eigenvalue weighted by atomic mass is 10.4. The third kappa shape index (κ3) is 5.05. The SMILES string of the molecule is Nc1cnc(NCCSCCCO)c(Br)c1. The molecule has 1 rings (SSSR count). The number of pyridine rings is 1. The molecular weight excluding hydrogens is 290 g/mol. The van der Waals surface area contributed by atoms with E-state index in [4.69, 9.17) is 10.8 Å². The molecule has 90 valence electrons. The lowest BCUT2D eigenvalue weighted by Crippen LogP contribution is -2.07. The molecule has 0 unspecified atom stereocenters. The average molecular weight is 306 g/mol. The standard InChI is InChI=1S/C10H16BrN3OS/c11-9-6-8(12)7-14-10(9)13-2-5-16-4-1-3-15/h6-7,15H,1-5,12H2,(H,13,14). The van der Waals surface area contributed by atoms with Crippen LogP contribution in [0.5, 0.6) is 0 Å². The fourth-order valence-electron chi connectivity index (χ4n) is 1.09. The first-order valence-electron chi connectivity index (χ1n) is 5.07. The van der Waals surface area contributed by atoms with Crippen LogP contribution in [-0.4, -0.2) is 34.7 Å². The third-order valence-corrected chi connectivity index (χ3v) is 3.52. The van der Waals surface area contributed by atoms with Gasteiger partial charge in [0.25, 0.3) is 0 Å². The topological polar surface area (TPSA) is 71.2 Å². The minimum Gasteiger partial charge on any atom is -0.397 e. The normalized spacial score (nSPS) is 10.4. The summed E-state index contributed by atoms with van der Waals surface area (Å²) in [6.45, 7) is 1.12. The highest BCUT2D eigenvalue weighted by Crippen LogP contribution is 2.21. The average Bonchev–Trinajstić information content (AvgIpc) is 2.26. The Bertz CT molecular complexity index is 325. The predicted molar refractivity (Wildman–Crippen MR) is 73.9 cm³/mol. The molecule has 0 fully saturated rings. The Morgan fingerprint density at radius 3 is 3.00 bits per heavy atom. The zero-order valence-corrected chi connectivity index (χ0v) is 11.4. The van der Waals surface area contributed by atoms with Crippen molar-refractivity contribution >= 4 is 39.2 Å². The smallest absolute Gasteiger partial charge is 0.140 e. The van der Waals surface area contributed by atoms with Gasteiger partial charge in [-0.25, -0.2) is 4.98 Å². The maximum absolute atomic E-state index is 8.61. The molecule has 4 N–H and O–H groups in total. The van der Waals surface area contributed by atoms with Gasteiger partial charge in [-0.1, -0.05) is 0 Å². The largest absolute Gasteiger partial charge is 0.397 e. The molecule has 0 aliphatic heterocycles. The van der Waals surface area contributed by atoms with Gasteiger partial charge in [0.15, 0.2) is 0 Å². The van der Waals surface area contributed by atoms with Crippen LogP contribution in [0.15, 0.2) is 16.7 Å². The van der Waals surface area contributed by atoms with Gasteiger partial charge >= 0.3 is 0 Å². The molecule has 0 saturated carbocycles. The van der Waals surface area contributed by atoms with Crippen molar-refractivity contribution in [2.24, 2.45) is 0 Å². The van der Waals surface area contributed by atoms with Gasteiger partial charge in [0.05, 0.1) is 16.4 Å². The molecule has 0 amide bonds. The number of rotatable bonds is 7. The quantitative estimate of drug-likeness (QED) is 0.672. The van der Waals surface area contributed by atoms with Crippen LogP contribution >= 0.6 is 27.7 Å². The monoisotopic (exact) mass is 305 g/mol. The number of hydrogen-bond donors (Lipinski definition) is 3. The first kappa shape index (κ1) is 13.6. The molecule has 0 bridgehead atoms. The van der Waals surface area contributed by atoms with Crippen molar-refractivity contribution in [1.82, 2.24) is 4.98 Å². The van der Waals surface area contributed by atoms with Gasteiger partial charge in [-0.2, -0.15) is 11.8 Å². The van der Waals surface area contributed by atoms with Crippen molar-refractivity contribution in [3.05, 3.63) is 16.7 Å². The Morgan fingerprint density at radius 2 is 2.31 bits per heavy atom. The number of anilines is 2. The van der Waals surface area contributed by atoms with E-state index in [1.165, 1.54) is 0 Å². The van der Waals surface area contributed by atoms with Gasteiger partial charge in [-0.05, 0) is 34.2 Å². The van der Waals surface area contributed by atoms with Crippen LogP contribution in [-0.2, 0) is 0 Å². The highest BCUT2D eigenvalue weighted by molar-refractivity contribution is 9.10. The maximum Gasteiger partial charge on any atom is 0.140 e. The Kier molecular flexibility index (Phi) is 6.59. The summed E-state index contributed by atoms with van der Waals surface area (Å²) in [5, 5.41) is 11.8. The molecule has 16 heavy (non-hydrogen) atoms. The second-order valence-corrected chi connectivity index (χ2v) is 5.29.